The molecule has 1 fully saturated rings. The molecule has 1 amide bonds. The van der Waals surface area contributed by atoms with Crippen LogP contribution in [-0.2, 0) is 4.74 Å². The van der Waals surface area contributed by atoms with Crippen molar-refractivity contribution in [1.29, 1.82) is 0 Å². The van der Waals surface area contributed by atoms with Gasteiger partial charge in [0, 0.05) is 18.8 Å². The van der Waals surface area contributed by atoms with Gasteiger partial charge in [-0.3, -0.25) is 4.68 Å². The average Bonchev–Trinajstić information content (AvgIpc) is 2.79. The summed E-state index contributed by atoms with van der Waals surface area (Å²) in [6, 6.07) is 1.53. The Morgan fingerprint density at radius 1 is 1.41 bits per heavy atom. The highest BCUT2D eigenvalue weighted by atomic mass is 16.6. The van der Waals surface area contributed by atoms with E-state index in [1.165, 1.54) is 0 Å². The number of aromatic carboxylic acids is 1. The molecule has 0 spiro atoms. The van der Waals surface area contributed by atoms with Gasteiger partial charge in [-0.1, -0.05) is 0 Å². The predicted octanol–water partition coefficient (Wildman–Crippen LogP) is 2.46. The summed E-state index contributed by atoms with van der Waals surface area (Å²) >= 11 is 0. The van der Waals surface area contributed by atoms with Crippen LogP contribution in [0.15, 0.2) is 6.07 Å². The van der Waals surface area contributed by atoms with Crippen molar-refractivity contribution in [3.8, 4) is 0 Å². The smallest absolute Gasteiger partial charge is 0.410 e. The maximum atomic E-state index is 12.2. The van der Waals surface area contributed by atoms with Gasteiger partial charge in [0.15, 0.2) is 5.69 Å². The Hall–Kier alpha value is -2.05. The van der Waals surface area contributed by atoms with Gasteiger partial charge < -0.3 is 14.7 Å². The van der Waals surface area contributed by atoms with Gasteiger partial charge in [0.2, 0.25) is 0 Å². The summed E-state index contributed by atoms with van der Waals surface area (Å²) in [5.41, 5.74) is 0.294. The molecule has 0 aliphatic carbocycles. The molecule has 7 heteroatoms. The normalized spacial score (nSPS) is 19.1. The number of carboxylic acids is 1. The second kappa shape index (κ2) is 5.98. The second-order valence-corrected chi connectivity index (χ2v) is 6.64. The van der Waals surface area contributed by atoms with Crippen LogP contribution >= 0.6 is 0 Å². The molecule has 1 unspecified atom stereocenters. The lowest BCUT2D eigenvalue weighted by atomic mass is 10.1. The summed E-state index contributed by atoms with van der Waals surface area (Å²) in [7, 11) is 0. The van der Waals surface area contributed by atoms with Crippen molar-refractivity contribution in [2.45, 2.75) is 52.2 Å². The van der Waals surface area contributed by atoms with E-state index in [-0.39, 0.29) is 17.8 Å². The lowest BCUT2D eigenvalue weighted by Gasteiger charge is -2.34. The van der Waals surface area contributed by atoms with E-state index in [0.717, 1.165) is 18.5 Å². The van der Waals surface area contributed by atoms with E-state index in [2.05, 4.69) is 5.10 Å². The van der Waals surface area contributed by atoms with E-state index in [4.69, 9.17) is 9.84 Å². The van der Waals surface area contributed by atoms with Gasteiger partial charge >= 0.3 is 12.1 Å². The lowest BCUT2D eigenvalue weighted by Crippen LogP contribution is -2.43. The molecule has 122 valence electrons. The monoisotopic (exact) mass is 309 g/mol. The first kappa shape index (κ1) is 16.3. The number of nitrogens with zero attached hydrogens (tertiary/aromatic N) is 3. The highest BCUT2D eigenvalue weighted by molar-refractivity contribution is 5.85. The number of amides is 1. The van der Waals surface area contributed by atoms with Gasteiger partial charge in [-0.25, -0.2) is 9.59 Å². The number of piperidine rings is 1. The van der Waals surface area contributed by atoms with Gasteiger partial charge in [-0.05, 0) is 46.6 Å². The Morgan fingerprint density at radius 2 is 2.09 bits per heavy atom. The molecule has 1 aliphatic rings. The molecular formula is C15H23N3O4. The Kier molecular flexibility index (Phi) is 4.44. The number of hydrogen-bond acceptors (Lipinski definition) is 4. The van der Waals surface area contributed by atoms with Crippen molar-refractivity contribution in [2.75, 3.05) is 13.1 Å². The Labute approximate surface area is 129 Å². The van der Waals surface area contributed by atoms with Gasteiger partial charge in [-0.15, -0.1) is 0 Å². The quantitative estimate of drug-likeness (QED) is 0.907. The molecule has 22 heavy (non-hydrogen) atoms. The molecule has 0 bridgehead atoms. The summed E-state index contributed by atoms with van der Waals surface area (Å²) in [5, 5.41) is 13.2. The van der Waals surface area contributed by atoms with Crippen molar-refractivity contribution in [3.05, 3.63) is 17.5 Å². The van der Waals surface area contributed by atoms with E-state index in [9.17, 15) is 9.59 Å². The topological polar surface area (TPSA) is 84.7 Å². The number of hydrogen-bond donors (Lipinski definition) is 1. The van der Waals surface area contributed by atoms with Crippen LogP contribution in [-0.4, -0.2) is 50.5 Å². The summed E-state index contributed by atoms with van der Waals surface area (Å²) in [5.74, 6) is -1.04. The zero-order valence-electron chi connectivity index (χ0n) is 13.5. The molecule has 0 radical (unpaired) electrons. The van der Waals surface area contributed by atoms with E-state index in [1.807, 2.05) is 27.7 Å². The number of rotatable bonds is 2. The van der Waals surface area contributed by atoms with Crippen LogP contribution in [0.1, 0.15) is 55.8 Å². The first-order chi connectivity index (χ1) is 10.2. The third-order valence-electron chi connectivity index (χ3n) is 3.54. The molecule has 1 saturated heterocycles. The van der Waals surface area contributed by atoms with E-state index >= 15 is 0 Å². The highest BCUT2D eigenvalue weighted by Crippen LogP contribution is 2.24. The third-order valence-corrected chi connectivity index (χ3v) is 3.54. The number of carbonyl (C=O) groups excluding carboxylic acids is 1. The van der Waals surface area contributed by atoms with Crippen LogP contribution in [0.4, 0.5) is 4.79 Å². The standard InChI is InChI=1S/C15H23N3O4/c1-10-8-12(13(19)20)16-18(10)11-6-5-7-17(9-11)14(21)22-15(2,3)4/h8,11H,5-7,9H2,1-4H3,(H,19,20). The van der Waals surface area contributed by atoms with Gasteiger partial charge in [-0.2, -0.15) is 5.10 Å². The van der Waals surface area contributed by atoms with Crippen LogP contribution in [0.2, 0.25) is 0 Å². The Bertz CT molecular complexity index is 574. The van der Waals surface area contributed by atoms with Crippen LogP contribution in [0, 0.1) is 6.92 Å². The molecule has 1 aromatic heterocycles. The van der Waals surface area contributed by atoms with Crippen LogP contribution in [0.25, 0.3) is 0 Å². The van der Waals surface area contributed by atoms with Crippen molar-refractivity contribution in [3.63, 3.8) is 0 Å². The fraction of sp³-hybridized carbons (Fsp3) is 0.667. The number of carbonyl (C=O) groups is 2. The molecule has 1 atom stereocenters. The third kappa shape index (κ3) is 3.78. The predicted molar refractivity (Wildman–Crippen MR) is 80.0 cm³/mol. The Balaban J connectivity index is 2.10. The SMILES string of the molecule is Cc1cc(C(=O)O)nn1C1CCCN(C(=O)OC(C)(C)C)C1. The molecule has 1 aromatic rings. The molecule has 0 aromatic carbocycles. The minimum Gasteiger partial charge on any atom is -0.476 e. The fourth-order valence-electron chi connectivity index (χ4n) is 2.61. The van der Waals surface area contributed by atoms with Gasteiger partial charge in [0.25, 0.3) is 0 Å². The van der Waals surface area contributed by atoms with Crippen molar-refractivity contribution in [2.24, 2.45) is 0 Å². The van der Waals surface area contributed by atoms with E-state index < -0.39 is 11.6 Å². The zero-order valence-corrected chi connectivity index (χ0v) is 13.5. The van der Waals surface area contributed by atoms with Crippen LogP contribution < -0.4 is 0 Å². The lowest BCUT2D eigenvalue weighted by molar-refractivity contribution is 0.0165. The first-order valence-corrected chi connectivity index (χ1v) is 7.45. The fourth-order valence-corrected chi connectivity index (χ4v) is 2.61. The highest BCUT2D eigenvalue weighted by Gasteiger charge is 2.29. The number of likely N-dealkylation sites (tertiary alicyclic amines) is 1. The van der Waals surface area contributed by atoms with Crippen LogP contribution in [0.5, 0.6) is 0 Å². The van der Waals surface area contributed by atoms with Crippen LogP contribution in [0.3, 0.4) is 0 Å². The molecule has 2 heterocycles. The Morgan fingerprint density at radius 3 is 2.64 bits per heavy atom. The summed E-state index contributed by atoms with van der Waals surface area (Å²) in [4.78, 5) is 24.9. The minimum atomic E-state index is -1.04. The largest absolute Gasteiger partial charge is 0.476 e. The summed E-state index contributed by atoms with van der Waals surface area (Å²) in [6.45, 7) is 8.47. The van der Waals surface area contributed by atoms with E-state index in [1.54, 1.807) is 15.6 Å². The zero-order chi connectivity index (χ0) is 16.5. The van der Waals surface area contributed by atoms with Gasteiger partial charge in [0.1, 0.15) is 5.60 Å². The average molecular weight is 309 g/mol. The minimum absolute atomic E-state index is 0.0191. The number of aromatic nitrogens is 2. The first-order valence-electron chi connectivity index (χ1n) is 7.45. The number of ether oxygens (including phenoxy) is 1. The molecule has 0 saturated carbocycles. The van der Waals surface area contributed by atoms with E-state index in [0.29, 0.717) is 13.1 Å². The maximum absolute atomic E-state index is 12.2. The molecule has 7 nitrogen and oxygen atoms in total. The molecule has 2 rings (SSSR count). The number of aryl methyl sites for hydroxylation is 1. The second-order valence-electron chi connectivity index (χ2n) is 6.64. The molecule has 1 aliphatic heterocycles. The maximum Gasteiger partial charge on any atom is 0.410 e. The van der Waals surface area contributed by atoms with Gasteiger partial charge in [0.05, 0.1) is 6.04 Å². The molecule has 1 N–H and O–H groups in total. The molecular weight excluding hydrogens is 286 g/mol. The summed E-state index contributed by atoms with van der Waals surface area (Å²) in [6.07, 6.45) is 1.37. The van der Waals surface area contributed by atoms with Crippen molar-refractivity contribution in [1.82, 2.24) is 14.7 Å². The number of carboxylic acid groups (broad SMARTS) is 1. The van der Waals surface area contributed by atoms with Crippen molar-refractivity contribution >= 4 is 12.1 Å². The van der Waals surface area contributed by atoms with Crippen molar-refractivity contribution < 1.29 is 19.4 Å². The summed E-state index contributed by atoms with van der Waals surface area (Å²) < 4.78 is 7.11.